The second-order valence-electron chi connectivity index (χ2n) is 7.33. The van der Waals surface area contributed by atoms with Gasteiger partial charge in [0.05, 0.1) is 5.56 Å². The van der Waals surface area contributed by atoms with E-state index in [4.69, 9.17) is 5.73 Å². The molecule has 0 saturated carbocycles. The Bertz CT molecular complexity index is 999. The van der Waals surface area contributed by atoms with Crippen LogP contribution in [0.15, 0.2) is 60.9 Å². The number of hydrogen-bond acceptors (Lipinski definition) is 4. The van der Waals surface area contributed by atoms with Gasteiger partial charge in [0.1, 0.15) is 0 Å². The summed E-state index contributed by atoms with van der Waals surface area (Å²) in [6.45, 7) is 2.16. The van der Waals surface area contributed by atoms with E-state index in [1.807, 2.05) is 53.5 Å². The molecule has 0 radical (unpaired) electrons. The van der Waals surface area contributed by atoms with E-state index >= 15 is 0 Å². The molecule has 31 heavy (non-hydrogen) atoms. The van der Waals surface area contributed by atoms with Crippen molar-refractivity contribution in [3.63, 3.8) is 0 Å². The lowest BCUT2D eigenvalue weighted by molar-refractivity contribution is 0.0713. The Balaban J connectivity index is 0.00000171. The Morgan fingerprint density at radius 3 is 2.42 bits per heavy atom. The average Bonchev–Trinajstić information content (AvgIpc) is 3.28. The molecule has 0 bridgehead atoms. The molecule has 164 valence electrons. The number of nitrogens with two attached hydrogens (primary N) is 1. The maximum Gasteiger partial charge on any atom is 0.255 e. The third-order valence-corrected chi connectivity index (χ3v) is 6.61. The van der Waals surface area contributed by atoms with Crippen LogP contribution in [0.2, 0.25) is 0 Å². The van der Waals surface area contributed by atoms with Crippen LogP contribution >= 0.6 is 36.2 Å². The second kappa shape index (κ2) is 12.0. The first-order chi connectivity index (χ1) is 14.2. The van der Waals surface area contributed by atoms with Gasteiger partial charge in [0.15, 0.2) is 0 Å². The molecule has 1 aliphatic heterocycles. The highest BCUT2D eigenvalue weighted by Crippen LogP contribution is 2.33. The summed E-state index contributed by atoms with van der Waals surface area (Å²) < 4.78 is 0. The summed E-state index contributed by atoms with van der Waals surface area (Å²) in [6, 6.07) is 16.4. The van der Waals surface area contributed by atoms with Crippen molar-refractivity contribution in [1.29, 1.82) is 0 Å². The van der Waals surface area contributed by atoms with Crippen molar-refractivity contribution in [3.05, 3.63) is 87.4 Å². The number of benzene rings is 1. The monoisotopic (exact) mass is 475 g/mol. The molecule has 1 saturated heterocycles. The lowest BCUT2D eigenvalue weighted by atomic mass is 9.95. The molecule has 2 aromatic heterocycles. The van der Waals surface area contributed by atoms with E-state index in [9.17, 15) is 4.79 Å². The highest BCUT2D eigenvalue weighted by atomic mass is 35.5. The number of carbonyl (C=O) groups is 1. The van der Waals surface area contributed by atoms with Crippen LogP contribution in [0.5, 0.6) is 0 Å². The molecule has 4 rings (SSSR count). The van der Waals surface area contributed by atoms with Crippen molar-refractivity contribution in [2.45, 2.75) is 25.3 Å². The third kappa shape index (κ3) is 6.40. The smallest absolute Gasteiger partial charge is 0.255 e. The quantitative estimate of drug-likeness (QED) is 0.519. The molecular weight excluding hydrogens is 449 g/mol. The highest BCUT2D eigenvalue weighted by molar-refractivity contribution is 7.12. The molecule has 0 unspecified atom stereocenters. The molecule has 3 heterocycles. The van der Waals surface area contributed by atoms with E-state index in [0.29, 0.717) is 18.0 Å². The van der Waals surface area contributed by atoms with Gasteiger partial charge in [0.25, 0.3) is 5.91 Å². The second-order valence-corrected chi connectivity index (χ2v) is 8.53. The number of halogens is 2. The van der Waals surface area contributed by atoms with Crippen molar-refractivity contribution < 1.29 is 4.79 Å². The van der Waals surface area contributed by atoms with E-state index in [-0.39, 0.29) is 30.7 Å². The van der Waals surface area contributed by atoms with Gasteiger partial charge in [0, 0.05) is 41.8 Å². The topological polar surface area (TPSA) is 59.2 Å². The zero-order valence-corrected chi connectivity index (χ0v) is 19.6. The van der Waals surface area contributed by atoms with Crippen molar-refractivity contribution in [1.82, 2.24) is 9.88 Å². The average molecular weight is 476 g/mol. The van der Waals surface area contributed by atoms with Gasteiger partial charge in [-0.15, -0.1) is 36.2 Å². The number of nitrogens with zero attached hydrogens (tertiary/aromatic N) is 2. The molecule has 3 aromatic rings. The molecule has 4 nitrogen and oxygen atoms in total. The summed E-state index contributed by atoms with van der Waals surface area (Å²) >= 11 is 1.80. The summed E-state index contributed by atoms with van der Waals surface area (Å²) in [4.78, 5) is 21.8. The molecule has 7 heteroatoms. The predicted molar refractivity (Wildman–Crippen MR) is 134 cm³/mol. The number of thiophene rings is 1. The molecule has 1 aliphatic rings. The number of aromatic nitrogens is 1. The number of rotatable bonds is 5. The van der Waals surface area contributed by atoms with Crippen LogP contribution in [0, 0.1) is 0 Å². The van der Waals surface area contributed by atoms with E-state index in [2.05, 4.69) is 17.1 Å². The number of amides is 1. The molecular formula is C24H27Cl2N3OS. The molecule has 1 fully saturated rings. The first kappa shape index (κ1) is 25.1. The van der Waals surface area contributed by atoms with Crippen LogP contribution in [0.3, 0.4) is 0 Å². The van der Waals surface area contributed by atoms with Gasteiger partial charge in [-0.2, -0.15) is 0 Å². The minimum atomic E-state index is 0. The zero-order valence-electron chi connectivity index (χ0n) is 17.1. The number of hydrogen-bond donors (Lipinski definition) is 1. The Hall–Kier alpha value is -2.18. The van der Waals surface area contributed by atoms with E-state index in [1.54, 1.807) is 23.7 Å². The summed E-state index contributed by atoms with van der Waals surface area (Å²) in [5, 5.41) is 0. The third-order valence-electron chi connectivity index (χ3n) is 5.34. The first-order valence-corrected chi connectivity index (χ1v) is 10.8. The Morgan fingerprint density at radius 1 is 1.03 bits per heavy atom. The Morgan fingerprint density at radius 2 is 1.74 bits per heavy atom. The lowest BCUT2D eigenvalue weighted by Crippen LogP contribution is -2.37. The van der Waals surface area contributed by atoms with Crippen LogP contribution in [-0.2, 0) is 6.54 Å². The maximum absolute atomic E-state index is 13.0. The van der Waals surface area contributed by atoms with E-state index < -0.39 is 0 Å². The van der Waals surface area contributed by atoms with Crippen molar-refractivity contribution in [2.75, 3.05) is 13.1 Å². The minimum Gasteiger partial charge on any atom is -0.339 e. The number of pyridine rings is 1. The fourth-order valence-electron chi connectivity index (χ4n) is 3.70. The van der Waals surface area contributed by atoms with Crippen molar-refractivity contribution in [3.8, 4) is 0 Å². The van der Waals surface area contributed by atoms with Gasteiger partial charge < -0.3 is 10.6 Å². The molecule has 0 atom stereocenters. The van der Waals surface area contributed by atoms with Gasteiger partial charge in [-0.05, 0) is 48.1 Å². The number of piperidine rings is 1. The fraction of sp³-hybridized carbons (Fsp3) is 0.250. The van der Waals surface area contributed by atoms with Crippen molar-refractivity contribution in [2.24, 2.45) is 5.73 Å². The minimum absolute atomic E-state index is 0. The first-order valence-electron chi connectivity index (χ1n) is 9.99. The van der Waals surface area contributed by atoms with Gasteiger partial charge in [-0.1, -0.05) is 42.5 Å². The highest BCUT2D eigenvalue weighted by Gasteiger charge is 2.25. The molecule has 0 spiro atoms. The predicted octanol–water partition coefficient (Wildman–Crippen LogP) is 5.64. The molecule has 2 N–H and O–H groups in total. The summed E-state index contributed by atoms with van der Waals surface area (Å²) in [5.41, 5.74) is 8.44. The maximum atomic E-state index is 13.0. The molecule has 1 aromatic carbocycles. The summed E-state index contributed by atoms with van der Waals surface area (Å²) in [5.74, 6) is 0.599. The van der Waals surface area contributed by atoms with Gasteiger partial charge >= 0.3 is 0 Å². The van der Waals surface area contributed by atoms with Gasteiger partial charge in [-0.25, -0.2) is 0 Å². The normalized spacial score (nSPS) is 14.2. The van der Waals surface area contributed by atoms with Crippen LogP contribution in [0.25, 0.3) is 12.2 Å². The largest absolute Gasteiger partial charge is 0.339 e. The molecule has 1 amide bonds. The Kier molecular flexibility index (Phi) is 9.72. The molecule has 0 aliphatic carbocycles. The number of carbonyl (C=O) groups excluding carboxylic acids is 1. The van der Waals surface area contributed by atoms with Crippen molar-refractivity contribution >= 4 is 54.2 Å². The summed E-state index contributed by atoms with van der Waals surface area (Å²) in [6.07, 6.45) is 9.48. The summed E-state index contributed by atoms with van der Waals surface area (Å²) in [7, 11) is 0. The van der Waals surface area contributed by atoms with Gasteiger partial charge in [-0.3, -0.25) is 9.78 Å². The fourth-order valence-corrected chi connectivity index (χ4v) is 4.76. The standard InChI is InChI=1S/C24H25N3OS.2ClH/c25-15-22-8-9-23(29-22)20-10-12-27(13-11-20)24(28)21-14-19(16-26-17-21)7-6-18-4-2-1-3-5-18;;/h1-9,14,16-17,20H,10-13,15,25H2;2*1H. The SMILES string of the molecule is Cl.Cl.NCc1ccc(C2CCN(C(=O)c3cncc(C=Cc4ccccc4)c3)CC2)s1. The van der Waals surface area contributed by atoms with Crippen LogP contribution in [0.1, 0.15) is 50.0 Å². The number of likely N-dealkylation sites (tertiary alicyclic amines) is 1. The lowest BCUT2D eigenvalue weighted by Gasteiger charge is -2.31. The van der Waals surface area contributed by atoms with E-state index in [0.717, 1.165) is 37.1 Å². The van der Waals surface area contributed by atoms with Crippen LogP contribution in [-0.4, -0.2) is 28.9 Å². The van der Waals surface area contributed by atoms with E-state index in [1.165, 1.54) is 9.75 Å². The Labute approximate surface area is 200 Å². The van der Waals surface area contributed by atoms with Gasteiger partial charge in [0.2, 0.25) is 0 Å². The van der Waals surface area contributed by atoms with Crippen LogP contribution < -0.4 is 5.73 Å². The zero-order chi connectivity index (χ0) is 20.1. The van der Waals surface area contributed by atoms with Crippen LogP contribution in [0.4, 0.5) is 0 Å².